The number of amides is 2. The minimum atomic E-state index is -0.319. The van der Waals surface area contributed by atoms with E-state index >= 15 is 0 Å². The molecule has 1 N–H and O–H groups in total. The van der Waals surface area contributed by atoms with Crippen LogP contribution in [0.4, 0.5) is 0 Å². The molecule has 1 saturated heterocycles. The van der Waals surface area contributed by atoms with E-state index < -0.39 is 0 Å². The van der Waals surface area contributed by atoms with Crippen molar-refractivity contribution < 1.29 is 9.59 Å². The molecule has 0 radical (unpaired) electrons. The van der Waals surface area contributed by atoms with Crippen LogP contribution in [0.25, 0.3) is 0 Å². The first kappa shape index (κ1) is 14.4. The van der Waals surface area contributed by atoms with Crippen molar-refractivity contribution in [3.63, 3.8) is 0 Å². The minimum Gasteiger partial charge on any atom is -0.342 e. The van der Waals surface area contributed by atoms with E-state index in [1.807, 2.05) is 6.92 Å². The molecule has 108 valence electrons. The third kappa shape index (κ3) is 2.77. The maximum Gasteiger partial charge on any atom is 0.245 e. The topological polar surface area (TPSA) is 49.4 Å². The van der Waals surface area contributed by atoms with Crippen molar-refractivity contribution in [1.29, 1.82) is 0 Å². The molecule has 1 aliphatic carbocycles. The minimum absolute atomic E-state index is 0.00419. The second-order valence-electron chi connectivity index (χ2n) is 6.33. The molecule has 4 heteroatoms. The van der Waals surface area contributed by atoms with Crippen LogP contribution in [0.2, 0.25) is 0 Å². The molecular weight excluding hydrogens is 240 g/mol. The summed E-state index contributed by atoms with van der Waals surface area (Å²) in [7, 11) is 0. The third-order valence-electron chi connectivity index (χ3n) is 5.13. The van der Waals surface area contributed by atoms with Crippen LogP contribution in [0.3, 0.4) is 0 Å². The van der Waals surface area contributed by atoms with Gasteiger partial charge in [0.15, 0.2) is 0 Å². The van der Waals surface area contributed by atoms with Crippen LogP contribution in [0.15, 0.2) is 0 Å². The highest BCUT2D eigenvalue weighted by molar-refractivity contribution is 5.95. The zero-order valence-corrected chi connectivity index (χ0v) is 12.4. The van der Waals surface area contributed by atoms with Crippen molar-refractivity contribution >= 4 is 11.8 Å². The fraction of sp³-hybridized carbons (Fsp3) is 0.867. The molecule has 0 spiro atoms. The van der Waals surface area contributed by atoms with Gasteiger partial charge in [-0.15, -0.1) is 0 Å². The maximum atomic E-state index is 12.5. The van der Waals surface area contributed by atoms with Crippen LogP contribution >= 0.6 is 0 Å². The standard InChI is InChI=1S/C15H26N2O2/c1-4-11(3)13-14(19)17(9-12(18)16-13)10-15(5-2)7-6-8-15/h11,13H,4-10H2,1-3H3,(H,16,18). The maximum absolute atomic E-state index is 12.5. The molecule has 1 heterocycles. The predicted molar refractivity (Wildman–Crippen MR) is 74.5 cm³/mol. The lowest BCUT2D eigenvalue weighted by Crippen LogP contribution is -2.62. The Bertz CT molecular complexity index is 358. The number of piperazine rings is 1. The number of nitrogens with zero attached hydrogens (tertiary/aromatic N) is 1. The molecular formula is C15H26N2O2. The number of rotatable bonds is 5. The monoisotopic (exact) mass is 266 g/mol. The summed E-state index contributed by atoms with van der Waals surface area (Å²) in [6.07, 6.45) is 5.67. The van der Waals surface area contributed by atoms with Gasteiger partial charge >= 0.3 is 0 Å². The average Bonchev–Trinajstić information content (AvgIpc) is 2.36. The Balaban J connectivity index is 2.07. The van der Waals surface area contributed by atoms with E-state index in [4.69, 9.17) is 0 Å². The molecule has 2 atom stereocenters. The Morgan fingerprint density at radius 1 is 1.37 bits per heavy atom. The zero-order valence-electron chi connectivity index (χ0n) is 12.4. The highest BCUT2D eigenvalue weighted by atomic mass is 16.2. The summed E-state index contributed by atoms with van der Waals surface area (Å²) in [5.74, 6) is 0.322. The Labute approximate surface area is 115 Å². The molecule has 0 aromatic heterocycles. The normalized spacial score (nSPS) is 27.7. The summed E-state index contributed by atoms with van der Waals surface area (Å²) in [5.41, 5.74) is 0.285. The van der Waals surface area contributed by atoms with Crippen LogP contribution in [0.1, 0.15) is 52.9 Å². The van der Waals surface area contributed by atoms with Gasteiger partial charge < -0.3 is 10.2 Å². The molecule has 4 nitrogen and oxygen atoms in total. The molecule has 2 aliphatic rings. The molecule has 2 amide bonds. The lowest BCUT2D eigenvalue weighted by Gasteiger charge is -2.46. The van der Waals surface area contributed by atoms with Gasteiger partial charge in [0.05, 0.1) is 6.54 Å². The molecule has 0 aromatic rings. The van der Waals surface area contributed by atoms with E-state index in [0.717, 1.165) is 19.4 Å². The molecule has 0 aromatic carbocycles. The lowest BCUT2D eigenvalue weighted by molar-refractivity contribution is -0.148. The number of carbonyl (C=O) groups is 2. The first-order chi connectivity index (χ1) is 9.01. The fourth-order valence-electron chi connectivity index (χ4n) is 3.19. The highest BCUT2D eigenvalue weighted by Crippen LogP contribution is 2.44. The molecule has 0 bridgehead atoms. The van der Waals surface area contributed by atoms with Crippen molar-refractivity contribution in [1.82, 2.24) is 10.2 Å². The van der Waals surface area contributed by atoms with E-state index in [9.17, 15) is 9.59 Å². The molecule has 2 fully saturated rings. The van der Waals surface area contributed by atoms with Crippen molar-refractivity contribution in [2.75, 3.05) is 13.1 Å². The van der Waals surface area contributed by atoms with Crippen molar-refractivity contribution in [2.45, 2.75) is 58.9 Å². The van der Waals surface area contributed by atoms with Crippen LogP contribution in [-0.4, -0.2) is 35.8 Å². The van der Waals surface area contributed by atoms with Gasteiger partial charge in [0.1, 0.15) is 6.04 Å². The van der Waals surface area contributed by atoms with Gasteiger partial charge in [-0.05, 0) is 30.6 Å². The largest absolute Gasteiger partial charge is 0.342 e. The molecule has 19 heavy (non-hydrogen) atoms. The van der Waals surface area contributed by atoms with Gasteiger partial charge in [-0.25, -0.2) is 0 Å². The molecule has 2 rings (SSSR count). The van der Waals surface area contributed by atoms with Crippen molar-refractivity contribution in [2.24, 2.45) is 11.3 Å². The van der Waals surface area contributed by atoms with Gasteiger partial charge in [-0.1, -0.05) is 33.6 Å². The predicted octanol–water partition coefficient (Wildman–Crippen LogP) is 1.94. The van der Waals surface area contributed by atoms with E-state index in [2.05, 4.69) is 19.2 Å². The number of hydrogen-bond acceptors (Lipinski definition) is 2. The van der Waals surface area contributed by atoms with Crippen LogP contribution < -0.4 is 5.32 Å². The van der Waals surface area contributed by atoms with Crippen LogP contribution in [0.5, 0.6) is 0 Å². The third-order valence-corrected chi connectivity index (χ3v) is 5.13. The summed E-state index contributed by atoms with van der Waals surface area (Å²) < 4.78 is 0. The summed E-state index contributed by atoms with van der Waals surface area (Å²) in [5, 5.41) is 2.86. The lowest BCUT2D eigenvalue weighted by atomic mass is 9.66. The van der Waals surface area contributed by atoms with Gasteiger partial charge in [-0.2, -0.15) is 0 Å². The van der Waals surface area contributed by atoms with E-state index in [-0.39, 0.29) is 35.7 Å². The van der Waals surface area contributed by atoms with Gasteiger partial charge in [0.2, 0.25) is 11.8 Å². The first-order valence-electron chi connectivity index (χ1n) is 7.59. The zero-order chi connectivity index (χ0) is 14.0. The summed E-state index contributed by atoms with van der Waals surface area (Å²) in [4.78, 5) is 26.1. The van der Waals surface area contributed by atoms with Crippen molar-refractivity contribution in [3.8, 4) is 0 Å². The Hall–Kier alpha value is -1.06. The van der Waals surface area contributed by atoms with Crippen LogP contribution in [0, 0.1) is 11.3 Å². The van der Waals surface area contributed by atoms with Gasteiger partial charge in [0.25, 0.3) is 0 Å². The smallest absolute Gasteiger partial charge is 0.245 e. The molecule has 1 aliphatic heterocycles. The number of nitrogens with one attached hydrogen (secondary N) is 1. The number of hydrogen-bond donors (Lipinski definition) is 1. The Morgan fingerprint density at radius 3 is 2.53 bits per heavy atom. The van der Waals surface area contributed by atoms with E-state index in [0.29, 0.717) is 0 Å². The fourth-order valence-corrected chi connectivity index (χ4v) is 3.19. The van der Waals surface area contributed by atoms with Crippen LogP contribution in [-0.2, 0) is 9.59 Å². The average molecular weight is 266 g/mol. The molecule has 2 unspecified atom stereocenters. The van der Waals surface area contributed by atoms with Gasteiger partial charge in [-0.3, -0.25) is 9.59 Å². The number of carbonyl (C=O) groups excluding carboxylic acids is 2. The Morgan fingerprint density at radius 2 is 2.05 bits per heavy atom. The summed E-state index contributed by atoms with van der Waals surface area (Å²) in [6.45, 7) is 7.30. The second kappa shape index (κ2) is 5.51. The quantitative estimate of drug-likeness (QED) is 0.826. The highest BCUT2D eigenvalue weighted by Gasteiger charge is 2.42. The second-order valence-corrected chi connectivity index (χ2v) is 6.33. The van der Waals surface area contributed by atoms with Gasteiger partial charge in [0, 0.05) is 6.54 Å². The SMILES string of the molecule is CCC(C)C1NC(=O)CN(CC2(CC)CCC2)C1=O. The van der Waals surface area contributed by atoms with Crippen molar-refractivity contribution in [3.05, 3.63) is 0 Å². The summed E-state index contributed by atoms with van der Waals surface area (Å²) in [6, 6.07) is -0.319. The first-order valence-corrected chi connectivity index (χ1v) is 7.59. The molecule has 1 saturated carbocycles. The Kier molecular flexibility index (Phi) is 4.16. The van der Waals surface area contributed by atoms with E-state index in [1.54, 1.807) is 4.90 Å². The summed E-state index contributed by atoms with van der Waals surface area (Å²) >= 11 is 0. The van der Waals surface area contributed by atoms with E-state index in [1.165, 1.54) is 19.3 Å².